The molecule has 0 saturated heterocycles. The molecule has 0 aliphatic heterocycles. The number of benzene rings is 1. The first-order chi connectivity index (χ1) is 9.10. The zero-order valence-corrected chi connectivity index (χ0v) is 11.1. The third kappa shape index (κ3) is 3.30. The molecule has 7 heteroatoms. The van der Waals surface area contributed by atoms with Crippen LogP contribution in [-0.4, -0.2) is 11.2 Å². The number of nitro benzene ring substituents is 1. The second-order valence-corrected chi connectivity index (χ2v) is 5.40. The molecular formula is C12H8ClNO4S. The molecular weight excluding hydrogens is 290 g/mol. The highest BCUT2D eigenvalue weighted by Gasteiger charge is 2.16. The Hall–Kier alpha value is -1.92. The number of hydrogen-bond donors (Lipinski definition) is 0. The first-order valence-corrected chi connectivity index (χ1v) is 6.40. The maximum absolute atomic E-state index is 10.9. The van der Waals surface area contributed by atoms with E-state index in [4.69, 9.17) is 16.3 Å². The Morgan fingerprint density at radius 3 is 2.74 bits per heavy atom. The summed E-state index contributed by atoms with van der Waals surface area (Å²) in [5, 5.41) is 10.9. The standard InChI is InChI=1S/C12H8ClNO4S/c13-12-4-2-9(19-12)7-18-11-5-8(6-15)1-3-10(11)14(16)17/h1-6H,7H2. The van der Waals surface area contributed by atoms with Crippen LogP contribution in [0.5, 0.6) is 5.75 Å². The molecule has 1 aromatic carbocycles. The molecule has 0 aliphatic rings. The predicted octanol–water partition coefficient (Wildman–Crippen LogP) is 3.70. The molecule has 0 bridgehead atoms. The smallest absolute Gasteiger partial charge is 0.310 e. The topological polar surface area (TPSA) is 69.4 Å². The molecule has 0 spiro atoms. The normalized spacial score (nSPS) is 10.2. The fourth-order valence-corrected chi connectivity index (χ4v) is 2.45. The van der Waals surface area contributed by atoms with E-state index in [1.165, 1.54) is 29.5 Å². The fraction of sp³-hybridized carbons (Fsp3) is 0.0833. The van der Waals surface area contributed by atoms with Gasteiger partial charge in [0.2, 0.25) is 0 Å². The first kappa shape index (κ1) is 13.5. The van der Waals surface area contributed by atoms with Gasteiger partial charge in [-0.05, 0) is 24.3 Å². The number of ether oxygens (including phenoxy) is 1. The number of thiophene rings is 1. The summed E-state index contributed by atoms with van der Waals surface area (Å²) in [6, 6.07) is 7.48. The molecule has 2 rings (SSSR count). The van der Waals surface area contributed by atoms with Crippen molar-refractivity contribution in [3.63, 3.8) is 0 Å². The largest absolute Gasteiger partial charge is 0.481 e. The highest BCUT2D eigenvalue weighted by molar-refractivity contribution is 7.16. The first-order valence-electron chi connectivity index (χ1n) is 5.21. The van der Waals surface area contributed by atoms with Crippen LogP contribution in [0, 0.1) is 10.1 Å². The Kier molecular flexibility index (Phi) is 4.13. The second-order valence-electron chi connectivity index (χ2n) is 3.60. The molecule has 5 nitrogen and oxygen atoms in total. The Bertz CT molecular complexity index is 626. The van der Waals surface area contributed by atoms with Crippen molar-refractivity contribution in [1.82, 2.24) is 0 Å². The monoisotopic (exact) mass is 297 g/mol. The van der Waals surface area contributed by atoms with E-state index in [9.17, 15) is 14.9 Å². The van der Waals surface area contributed by atoms with Gasteiger partial charge >= 0.3 is 5.69 Å². The zero-order chi connectivity index (χ0) is 13.8. The van der Waals surface area contributed by atoms with Crippen molar-refractivity contribution in [3.8, 4) is 5.75 Å². The van der Waals surface area contributed by atoms with Crippen LogP contribution in [0.25, 0.3) is 0 Å². The Labute approximate surface area is 117 Å². The van der Waals surface area contributed by atoms with Crippen LogP contribution in [-0.2, 0) is 6.61 Å². The molecule has 0 saturated carbocycles. The van der Waals surface area contributed by atoms with E-state index < -0.39 is 4.92 Å². The van der Waals surface area contributed by atoms with E-state index in [1.54, 1.807) is 12.1 Å². The Balaban J connectivity index is 2.22. The van der Waals surface area contributed by atoms with Crippen LogP contribution in [0.4, 0.5) is 5.69 Å². The number of nitrogens with zero attached hydrogens (tertiary/aromatic N) is 1. The van der Waals surface area contributed by atoms with Crippen LogP contribution < -0.4 is 4.74 Å². The lowest BCUT2D eigenvalue weighted by Gasteiger charge is -2.05. The van der Waals surface area contributed by atoms with Crippen molar-refractivity contribution in [2.24, 2.45) is 0 Å². The van der Waals surface area contributed by atoms with Crippen LogP contribution in [0.3, 0.4) is 0 Å². The predicted molar refractivity (Wildman–Crippen MR) is 72.1 cm³/mol. The summed E-state index contributed by atoms with van der Waals surface area (Å²) >= 11 is 7.11. The molecule has 0 unspecified atom stereocenters. The Morgan fingerprint density at radius 2 is 2.16 bits per heavy atom. The van der Waals surface area contributed by atoms with Gasteiger partial charge in [-0.25, -0.2) is 0 Å². The molecule has 1 heterocycles. The van der Waals surface area contributed by atoms with E-state index >= 15 is 0 Å². The van der Waals surface area contributed by atoms with Gasteiger partial charge in [0, 0.05) is 16.5 Å². The summed E-state index contributed by atoms with van der Waals surface area (Å²) in [5.41, 5.74) is 0.151. The van der Waals surface area contributed by atoms with Crippen LogP contribution in [0.1, 0.15) is 15.2 Å². The average molecular weight is 298 g/mol. The number of halogens is 1. The van der Waals surface area contributed by atoms with E-state index in [-0.39, 0.29) is 18.0 Å². The lowest BCUT2D eigenvalue weighted by atomic mass is 10.2. The highest BCUT2D eigenvalue weighted by Crippen LogP contribution is 2.29. The quantitative estimate of drug-likeness (QED) is 0.479. The van der Waals surface area contributed by atoms with Crippen molar-refractivity contribution in [1.29, 1.82) is 0 Å². The van der Waals surface area contributed by atoms with Crippen LogP contribution in [0.2, 0.25) is 4.34 Å². The van der Waals surface area contributed by atoms with Gasteiger partial charge in [0.1, 0.15) is 12.9 Å². The molecule has 1 aromatic heterocycles. The van der Waals surface area contributed by atoms with E-state index in [2.05, 4.69) is 0 Å². The summed E-state index contributed by atoms with van der Waals surface area (Å²) in [4.78, 5) is 21.8. The SMILES string of the molecule is O=Cc1ccc([N+](=O)[O-])c(OCc2ccc(Cl)s2)c1. The second kappa shape index (κ2) is 5.81. The third-order valence-corrected chi connectivity index (χ3v) is 3.52. The molecule has 98 valence electrons. The number of hydrogen-bond acceptors (Lipinski definition) is 5. The lowest BCUT2D eigenvalue weighted by Crippen LogP contribution is -1.98. The zero-order valence-electron chi connectivity index (χ0n) is 9.54. The molecule has 0 fully saturated rings. The maximum atomic E-state index is 10.9. The summed E-state index contributed by atoms with van der Waals surface area (Å²) < 4.78 is 6.01. The van der Waals surface area contributed by atoms with Crippen molar-refractivity contribution >= 4 is 34.9 Å². The molecule has 0 N–H and O–H groups in total. The van der Waals surface area contributed by atoms with Crippen LogP contribution in [0.15, 0.2) is 30.3 Å². The number of carbonyl (C=O) groups is 1. The summed E-state index contributed by atoms with van der Waals surface area (Å²) in [5.74, 6) is 0.0686. The van der Waals surface area contributed by atoms with Crippen LogP contribution >= 0.6 is 22.9 Å². The Morgan fingerprint density at radius 1 is 1.37 bits per heavy atom. The number of carbonyl (C=O) groups excluding carboxylic acids is 1. The van der Waals surface area contributed by atoms with Gasteiger partial charge in [0.15, 0.2) is 5.75 Å². The molecule has 0 atom stereocenters. The molecule has 19 heavy (non-hydrogen) atoms. The summed E-state index contributed by atoms with van der Waals surface area (Å²) in [7, 11) is 0. The minimum Gasteiger partial charge on any atom is -0.481 e. The van der Waals surface area contributed by atoms with Gasteiger partial charge in [0.05, 0.1) is 9.26 Å². The van der Waals surface area contributed by atoms with Crippen molar-refractivity contribution < 1.29 is 14.5 Å². The van der Waals surface area contributed by atoms with Gasteiger partial charge in [0.25, 0.3) is 0 Å². The van der Waals surface area contributed by atoms with Crippen molar-refractivity contribution in [2.45, 2.75) is 6.61 Å². The average Bonchev–Trinajstić information content (AvgIpc) is 2.81. The van der Waals surface area contributed by atoms with Crippen molar-refractivity contribution in [2.75, 3.05) is 0 Å². The van der Waals surface area contributed by atoms with Gasteiger partial charge in [-0.2, -0.15) is 0 Å². The number of rotatable bonds is 5. The van der Waals surface area contributed by atoms with Gasteiger partial charge in [-0.3, -0.25) is 14.9 Å². The minimum atomic E-state index is -0.550. The van der Waals surface area contributed by atoms with Gasteiger partial charge in [-0.15, -0.1) is 11.3 Å². The number of aldehydes is 1. The minimum absolute atomic E-state index is 0.0686. The molecule has 0 aliphatic carbocycles. The lowest BCUT2D eigenvalue weighted by molar-refractivity contribution is -0.385. The molecule has 0 amide bonds. The number of nitro groups is 1. The molecule has 0 radical (unpaired) electrons. The summed E-state index contributed by atoms with van der Waals surface area (Å²) in [6.07, 6.45) is 0.610. The van der Waals surface area contributed by atoms with E-state index in [1.807, 2.05) is 0 Å². The highest BCUT2D eigenvalue weighted by atomic mass is 35.5. The summed E-state index contributed by atoms with van der Waals surface area (Å²) in [6.45, 7) is 0.167. The van der Waals surface area contributed by atoms with E-state index in [0.717, 1.165) is 4.88 Å². The molecule has 2 aromatic rings. The van der Waals surface area contributed by atoms with Crippen molar-refractivity contribution in [3.05, 3.63) is 55.2 Å². The third-order valence-electron chi connectivity index (χ3n) is 2.32. The van der Waals surface area contributed by atoms with E-state index in [0.29, 0.717) is 16.2 Å². The fourth-order valence-electron chi connectivity index (χ4n) is 1.45. The maximum Gasteiger partial charge on any atom is 0.310 e. The van der Waals surface area contributed by atoms with Gasteiger partial charge in [-0.1, -0.05) is 11.6 Å². The van der Waals surface area contributed by atoms with Gasteiger partial charge < -0.3 is 4.74 Å².